The van der Waals surface area contributed by atoms with E-state index in [0.29, 0.717) is 45.9 Å². The molecule has 0 radical (unpaired) electrons. The molecule has 0 aliphatic heterocycles. The molecule has 2 heterocycles. The van der Waals surface area contributed by atoms with Crippen molar-refractivity contribution >= 4 is 39.0 Å². The monoisotopic (exact) mass is 537 g/mol. The zero-order valence-electron chi connectivity index (χ0n) is 21.5. The third-order valence-corrected chi connectivity index (χ3v) is 7.95. The third kappa shape index (κ3) is 5.10. The van der Waals surface area contributed by atoms with Crippen LogP contribution >= 0.6 is 11.3 Å². The van der Waals surface area contributed by atoms with E-state index in [2.05, 4.69) is 15.6 Å². The number of hydrogen-bond acceptors (Lipinski definition) is 11. The number of nitrogens with one attached hydrogen (secondary N) is 2. The standard InChI is InChI=1S/C27H31N5O5S/c1-27(2,35)16-12-19(23(34)22(16)33)29-24-15(25-30-18-7-5-6-8-21(18)38-25)13-28-26(32-24)31-17-10-9-14(36-3)11-20(17)37-4/h5-11,13,16,19,22-23,33-35H,12H2,1-4H3,(H2,28,29,31,32)/t16?,19-,22-,23+/m1/s1. The lowest BCUT2D eigenvalue weighted by molar-refractivity contribution is -0.0601. The number of para-hydroxylation sites is 1. The molecular weight excluding hydrogens is 506 g/mol. The smallest absolute Gasteiger partial charge is 0.229 e. The highest BCUT2D eigenvalue weighted by Gasteiger charge is 2.47. The fraction of sp³-hybridized carbons (Fsp3) is 0.370. The summed E-state index contributed by atoms with van der Waals surface area (Å²) in [6.45, 7) is 3.27. The van der Waals surface area contributed by atoms with Gasteiger partial charge in [-0.05, 0) is 44.5 Å². The summed E-state index contributed by atoms with van der Waals surface area (Å²) in [4.78, 5) is 14.0. The van der Waals surface area contributed by atoms with Gasteiger partial charge >= 0.3 is 0 Å². The molecule has 2 aromatic carbocycles. The molecule has 1 aliphatic rings. The maximum atomic E-state index is 10.8. The Balaban J connectivity index is 1.52. The van der Waals surface area contributed by atoms with Crippen LogP contribution in [0.2, 0.25) is 0 Å². The molecule has 0 bridgehead atoms. The summed E-state index contributed by atoms with van der Waals surface area (Å²) in [7, 11) is 3.15. The molecule has 11 heteroatoms. The molecule has 5 rings (SSSR count). The van der Waals surface area contributed by atoms with Crippen LogP contribution in [0.1, 0.15) is 20.3 Å². The van der Waals surface area contributed by atoms with Crippen LogP contribution in [-0.4, -0.2) is 68.3 Å². The molecule has 0 spiro atoms. The Bertz CT molecular complexity index is 1410. The number of benzene rings is 2. The molecule has 10 nitrogen and oxygen atoms in total. The van der Waals surface area contributed by atoms with Gasteiger partial charge in [-0.15, -0.1) is 11.3 Å². The van der Waals surface area contributed by atoms with Gasteiger partial charge in [-0.25, -0.2) is 9.97 Å². The molecule has 38 heavy (non-hydrogen) atoms. The quantitative estimate of drug-likeness (QED) is 0.225. The van der Waals surface area contributed by atoms with Crippen LogP contribution in [0.5, 0.6) is 11.5 Å². The molecule has 2 aromatic heterocycles. The first kappa shape index (κ1) is 26.1. The van der Waals surface area contributed by atoms with E-state index in [1.165, 1.54) is 11.3 Å². The van der Waals surface area contributed by atoms with Gasteiger partial charge in [0.25, 0.3) is 0 Å². The van der Waals surface area contributed by atoms with Crippen molar-refractivity contribution in [1.29, 1.82) is 0 Å². The largest absolute Gasteiger partial charge is 0.497 e. The number of nitrogens with zero attached hydrogens (tertiary/aromatic N) is 3. The highest BCUT2D eigenvalue weighted by atomic mass is 32.1. The maximum Gasteiger partial charge on any atom is 0.229 e. The number of aliphatic hydroxyl groups excluding tert-OH is 2. The lowest BCUT2D eigenvalue weighted by Crippen LogP contribution is -2.40. The first-order chi connectivity index (χ1) is 18.2. The van der Waals surface area contributed by atoms with Gasteiger partial charge in [0, 0.05) is 18.2 Å². The Kier molecular flexibility index (Phi) is 7.10. The van der Waals surface area contributed by atoms with Crippen LogP contribution in [0, 0.1) is 5.92 Å². The second kappa shape index (κ2) is 10.3. The molecule has 5 N–H and O–H groups in total. The van der Waals surface area contributed by atoms with Crippen molar-refractivity contribution in [2.45, 2.75) is 44.1 Å². The summed E-state index contributed by atoms with van der Waals surface area (Å²) in [5, 5.41) is 39.2. The summed E-state index contributed by atoms with van der Waals surface area (Å²) in [5.74, 6) is 1.44. The Labute approximate surface area is 224 Å². The number of thiazole rings is 1. The van der Waals surface area contributed by atoms with E-state index in [1.54, 1.807) is 52.5 Å². The number of methoxy groups -OCH3 is 2. The molecule has 0 saturated heterocycles. The average molecular weight is 538 g/mol. The number of fused-ring (bicyclic) bond motifs is 1. The van der Waals surface area contributed by atoms with E-state index in [1.807, 2.05) is 24.3 Å². The number of aromatic nitrogens is 3. The molecular formula is C27H31N5O5S. The molecule has 1 saturated carbocycles. The van der Waals surface area contributed by atoms with E-state index in [0.717, 1.165) is 10.2 Å². The topological polar surface area (TPSA) is 142 Å². The Morgan fingerprint density at radius 1 is 1.03 bits per heavy atom. The molecule has 1 fully saturated rings. The minimum absolute atomic E-state index is 0.299. The van der Waals surface area contributed by atoms with Gasteiger partial charge in [-0.1, -0.05) is 12.1 Å². The predicted molar refractivity (Wildman–Crippen MR) is 147 cm³/mol. The minimum atomic E-state index is -1.16. The van der Waals surface area contributed by atoms with Crippen molar-refractivity contribution in [2.24, 2.45) is 5.92 Å². The molecule has 1 unspecified atom stereocenters. The Morgan fingerprint density at radius 3 is 2.50 bits per heavy atom. The van der Waals surface area contributed by atoms with Crippen molar-refractivity contribution in [3.05, 3.63) is 48.7 Å². The lowest BCUT2D eigenvalue weighted by Gasteiger charge is -2.28. The summed E-state index contributed by atoms with van der Waals surface area (Å²) in [6.07, 6.45) is -0.148. The van der Waals surface area contributed by atoms with E-state index < -0.39 is 29.8 Å². The highest BCUT2D eigenvalue weighted by Crippen LogP contribution is 2.39. The van der Waals surface area contributed by atoms with Crippen molar-refractivity contribution in [3.63, 3.8) is 0 Å². The number of anilines is 3. The van der Waals surface area contributed by atoms with Crippen molar-refractivity contribution < 1.29 is 24.8 Å². The van der Waals surface area contributed by atoms with Gasteiger partial charge in [0.15, 0.2) is 0 Å². The Morgan fingerprint density at radius 2 is 1.82 bits per heavy atom. The SMILES string of the molecule is COc1ccc(Nc2ncc(-c3nc4ccccc4s3)c(N[C@@H]3CC(C(C)(C)O)[C@@H](O)[C@H]3O)n2)c(OC)c1. The van der Waals surface area contributed by atoms with Gasteiger partial charge in [-0.2, -0.15) is 4.98 Å². The zero-order chi connectivity index (χ0) is 27.0. The minimum Gasteiger partial charge on any atom is -0.497 e. The molecule has 4 atom stereocenters. The number of aliphatic hydroxyl groups is 3. The highest BCUT2D eigenvalue weighted by molar-refractivity contribution is 7.21. The fourth-order valence-corrected chi connectivity index (χ4v) is 5.75. The normalized spacial score (nSPS) is 21.4. The van der Waals surface area contributed by atoms with Gasteiger partial charge in [0.05, 0.1) is 53.4 Å². The van der Waals surface area contributed by atoms with E-state index in [4.69, 9.17) is 19.4 Å². The van der Waals surface area contributed by atoms with Crippen LogP contribution < -0.4 is 20.1 Å². The summed E-state index contributed by atoms with van der Waals surface area (Å²) in [6, 6.07) is 12.7. The molecule has 200 valence electrons. The number of hydrogen-bond donors (Lipinski definition) is 5. The van der Waals surface area contributed by atoms with Crippen LogP contribution in [0.4, 0.5) is 17.5 Å². The van der Waals surface area contributed by atoms with Gasteiger partial charge in [0.2, 0.25) is 5.95 Å². The maximum absolute atomic E-state index is 10.8. The zero-order valence-corrected chi connectivity index (χ0v) is 22.4. The number of rotatable bonds is 8. The van der Waals surface area contributed by atoms with Gasteiger partial charge in [-0.3, -0.25) is 0 Å². The van der Waals surface area contributed by atoms with Gasteiger partial charge in [0.1, 0.15) is 28.4 Å². The van der Waals surface area contributed by atoms with Crippen LogP contribution in [0.25, 0.3) is 20.8 Å². The van der Waals surface area contributed by atoms with Crippen molar-refractivity contribution in [3.8, 4) is 22.1 Å². The van der Waals surface area contributed by atoms with Crippen molar-refractivity contribution in [2.75, 3.05) is 24.9 Å². The molecule has 0 amide bonds. The second-order valence-corrected chi connectivity index (χ2v) is 10.9. The van der Waals surface area contributed by atoms with Crippen LogP contribution in [0.3, 0.4) is 0 Å². The lowest BCUT2D eigenvalue weighted by atomic mass is 9.88. The first-order valence-corrected chi connectivity index (χ1v) is 13.1. The van der Waals surface area contributed by atoms with Crippen LogP contribution in [-0.2, 0) is 0 Å². The predicted octanol–water partition coefficient (Wildman–Crippen LogP) is 3.81. The Hall–Kier alpha value is -3.51. The average Bonchev–Trinajstić information content (AvgIpc) is 3.45. The molecule has 1 aliphatic carbocycles. The summed E-state index contributed by atoms with van der Waals surface area (Å²) >= 11 is 1.51. The fourth-order valence-electron chi connectivity index (χ4n) is 4.77. The van der Waals surface area contributed by atoms with E-state index >= 15 is 0 Å². The number of ether oxygens (including phenoxy) is 2. The second-order valence-electron chi connectivity index (χ2n) is 9.86. The third-order valence-electron chi connectivity index (χ3n) is 6.88. The van der Waals surface area contributed by atoms with Gasteiger partial charge < -0.3 is 35.4 Å². The molecule has 4 aromatic rings. The summed E-state index contributed by atoms with van der Waals surface area (Å²) < 4.78 is 11.8. The van der Waals surface area contributed by atoms with Crippen LogP contribution in [0.15, 0.2) is 48.7 Å². The van der Waals surface area contributed by atoms with E-state index in [9.17, 15) is 15.3 Å². The summed E-state index contributed by atoms with van der Waals surface area (Å²) in [5.41, 5.74) is 1.01. The van der Waals surface area contributed by atoms with Crippen molar-refractivity contribution in [1.82, 2.24) is 15.0 Å². The van der Waals surface area contributed by atoms with E-state index in [-0.39, 0.29) is 0 Å². The first-order valence-electron chi connectivity index (χ1n) is 12.2.